The summed E-state index contributed by atoms with van der Waals surface area (Å²) < 4.78 is 7.17. The van der Waals surface area contributed by atoms with Crippen LogP contribution >= 0.6 is 0 Å². The predicted molar refractivity (Wildman–Crippen MR) is 110 cm³/mol. The zero-order valence-corrected chi connectivity index (χ0v) is 16.8. The Morgan fingerprint density at radius 1 is 1.17 bits per heavy atom. The molecule has 1 aliphatic rings. The average Bonchev–Trinajstić information content (AvgIpc) is 3.19. The molecule has 2 aromatic heterocycles. The highest BCUT2D eigenvalue weighted by molar-refractivity contribution is 5.70. The van der Waals surface area contributed by atoms with Crippen molar-refractivity contribution in [2.24, 2.45) is 7.05 Å². The number of nitrogens with zero attached hydrogens (tertiary/aromatic N) is 5. The molecule has 29 heavy (non-hydrogen) atoms. The number of hydrogen-bond donors (Lipinski definition) is 0. The normalized spacial score (nSPS) is 13.2. The molecule has 0 spiro atoms. The molecule has 4 rings (SSSR count). The van der Waals surface area contributed by atoms with Crippen LogP contribution < -0.4 is 0 Å². The summed E-state index contributed by atoms with van der Waals surface area (Å²) in [7, 11) is 1.89. The summed E-state index contributed by atoms with van der Waals surface area (Å²) >= 11 is 0. The van der Waals surface area contributed by atoms with Crippen molar-refractivity contribution in [3.63, 3.8) is 0 Å². The Hall–Kier alpha value is -3.22. The Morgan fingerprint density at radius 3 is 2.72 bits per heavy atom. The summed E-state index contributed by atoms with van der Waals surface area (Å²) in [6.45, 7) is 3.54. The molecule has 1 aromatic carbocycles. The minimum absolute atomic E-state index is 0.275. The molecule has 0 aliphatic carbocycles. The van der Waals surface area contributed by atoms with Crippen molar-refractivity contribution in [1.29, 1.82) is 0 Å². The molecule has 7 nitrogen and oxygen atoms in total. The van der Waals surface area contributed by atoms with Crippen LogP contribution in [0, 0.1) is 0 Å². The zero-order valence-electron chi connectivity index (χ0n) is 16.8. The van der Waals surface area contributed by atoms with E-state index >= 15 is 0 Å². The molecular formula is C22H25N5O2. The minimum atomic E-state index is -0.275. The molecule has 0 N–H and O–H groups in total. The van der Waals surface area contributed by atoms with Gasteiger partial charge in [-0.3, -0.25) is 4.68 Å². The van der Waals surface area contributed by atoms with E-state index in [1.165, 1.54) is 0 Å². The molecule has 0 bridgehead atoms. The number of aryl methyl sites for hydroxylation is 1. The summed E-state index contributed by atoms with van der Waals surface area (Å²) in [6, 6.07) is 11.8. The lowest BCUT2D eigenvalue weighted by atomic mass is 10.0. The van der Waals surface area contributed by atoms with Crippen LogP contribution in [0.1, 0.15) is 31.0 Å². The Balaban J connectivity index is 1.70. The van der Waals surface area contributed by atoms with Gasteiger partial charge in [0.1, 0.15) is 5.69 Å². The van der Waals surface area contributed by atoms with E-state index in [4.69, 9.17) is 14.7 Å². The van der Waals surface area contributed by atoms with Crippen LogP contribution in [0.3, 0.4) is 0 Å². The van der Waals surface area contributed by atoms with Crippen LogP contribution in [0.5, 0.6) is 0 Å². The second-order valence-electron chi connectivity index (χ2n) is 7.20. The van der Waals surface area contributed by atoms with Crippen LogP contribution in [0.2, 0.25) is 0 Å². The lowest BCUT2D eigenvalue weighted by Gasteiger charge is -2.28. The molecule has 150 valence electrons. The first-order chi connectivity index (χ1) is 14.2. The third kappa shape index (κ3) is 4.13. The molecule has 0 atom stereocenters. The van der Waals surface area contributed by atoms with Gasteiger partial charge in [0.05, 0.1) is 24.5 Å². The molecule has 0 saturated heterocycles. The fraction of sp³-hybridized carbons (Fsp3) is 0.364. The average molecular weight is 391 g/mol. The maximum absolute atomic E-state index is 12.4. The number of benzene rings is 1. The van der Waals surface area contributed by atoms with Crippen LogP contribution in [0.15, 0.2) is 42.6 Å². The van der Waals surface area contributed by atoms with Gasteiger partial charge in [0, 0.05) is 30.9 Å². The molecule has 1 aliphatic heterocycles. The monoisotopic (exact) mass is 391 g/mol. The van der Waals surface area contributed by atoms with E-state index in [0.29, 0.717) is 31.9 Å². The van der Waals surface area contributed by atoms with Gasteiger partial charge < -0.3 is 9.64 Å². The number of hydrogen-bond acceptors (Lipinski definition) is 5. The third-order valence-electron chi connectivity index (χ3n) is 5.03. The lowest BCUT2D eigenvalue weighted by Crippen LogP contribution is -2.37. The fourth-order valence-electron chi connectivity index (χ4n) is 3.45. The number of carbonyl (C=O) groups excluding carboxylic acids is 1. The highest BCUT2D eigenvalue weighted by atomic mass is 16.6. The van der Waals surface area contributed by atoms with Crippen molar-refractivity contribution < 1.29 is 9.53 Å². The van der Waals surface area contributed by atoms with Gasteiger partial charge in [0.25, 0.3) is 0 Å². The van der Waals surface area contributed by atoms with E-state index in [1.807, 2.05) is 49.6 Å². The van der Waals surface area contributed by atoms with Gasteiger partial charge in [-0.1, -0.05) is 43.7 Å². The summed E-state index contributed by atoms with van der Waals surface area (Å²) in [5, 5.41) is 4.55. The van der Waals surface area contributed by atoms with Gasteiger partial charge >= 0.3 is 6.09 Å². The first kappa shape index (κ1) is 19.1. The van der Waals surface area contributed by atoms with E-state index in [9.17, 15) is 4.79 Å². The molecule has 7 heteroatoms. The van der Waals surface area contributed by atoms with Crippen LogP contribution in [-0.4, -0.2) is 43.9 Å². The van der Waals surface area contributed by atoms with Crippen molar-refractivity contribution in [1.82, 2.24) is 24.6 Å². The number of unbranched alkanes of at least 4 members (excludes halogenated alkanes) is 1. The summed E-state index contributed by atoms with van der Waals surface area (Å²) in [6.07, 6.45) is 4.19. The predicted octanol–water partition coefficient (Wildman–Crippen LogP) is 3.84. The molecular weight excluding hydrogens is 366 g/mol. The lowest BCUT2D eigenvalue weighted by molar-refractivity contribution is 0.0960. The minimum Gasteiger partial charge on any atom is -0.449 e. The van der Waals surface area contributed by atoms with E-state index in [-0.39, 0.29) is 6.09 Å². The van der Waals surface area contributed by atoms with Gasteiger partial charge in [-0.05, 0) is 18.9 Å². The number of ether oxygens (including phenoxy) is 1. The molecule has 0 radical (unpaired) electrons. The maximum Gasteiger partial charge on any atom is 0.410 e. The Labute approximate surface area is 170 Å². The van der Waals surface area contributed by atoms with Gasteiger partial charge in [-0.2, -0.15) is 5.10 Å². The quantitative estimate of drug-likeness (QED) is 0.618. The van der Waals surface area contributed by atoms with Crippen molar-refractivity contribution in [3.8, 4) is 22.8 Å². The zero-order chi connectivity index (χ0) is 20.2. The molecule has 3 aromatic rings. The van der Waals surface area contributed by atoms with Crippen molar-refractivity contribution in [3.05, 3.63) is 53.9 Å². The second-order valence-corrected chi connectivity index (χ2v) is 7.20. The van der Waals surface area contributed by atoms with Crippen LogP contribution in [0.4, 0.5) is 4.79 Å². The number of aromatic nitrogens is 4. The number of rotatable bonds is 5. The highest BCUT2D eigenvalue weighted by Gasteiger charge is 2.27. The molecule has 0 unspecified atom stereocenters. The van der Waals surface area contributed by atoms with Crippen LogP contribution in [0.25, 0.3) is 22.8 Å². The van der Waals surface area contributed by atoms with Crippen molar-refractivity contribution in [2.75, 3.05) is 13.2 Å². The third-order valence-corrected chi connectivity index (χ3v) is 5.03. The first-order valence-corrected chi connectivity index (χ1v) is 10.0. The topological polar surface area (TPSA) is 73.1 Å². The smallest absolute Gasteiger partial charge is 0.410 e. The molecule has 0 saturated carbocycles. The number of amides is 1. The maximum atomic E-state index is 12.4. The molecule has 3 heterocycles. The summed E-state index contributed by atoms with van der Waals surface area (Å²) in [5.41, 5.74) is 4.52. The number of carbonyl (C=O) groups is 1. The summed E-state index contributed by atoms with van der Waals surface area (Å²) in [4.78, 5) is 23.8. The largest absolute Gasteiger partial charge is 0.449 e. The molecule has 1 amide bonds. The Bertz CT molecular complexity index is 1000. The van der Waals surface area contributed by atoms with Gasteiger partial charge in [-0.25, -0.2) is 14.8 Å². The van der Waals surface area contributed by atoms with E-state index < -0.39 is 0 Å². The summed E-state index contributed by atoms with van der Waals surface area (Å²) in [5.74, 6) is 0.645. The van der Waals surface area contributed by atoms with E-state index in [0.717, 1.165) is 41.1 Å². The van der Waals surface area contributed by atoms with Gasteiger partial charge in [0.2, 0.25) is 0 Å². The number of fused-ring (bicyclic) bond motifs is 1. The van der Waals surface area contributed by atoms with Gasteiger partial charge in [-0.15, -0.1) is 0 Å². The second kappa shape index (κ2) is 8.43. The van der Waals surface area contributed by atoms with Crippen molar-refractivity contribution >= 4 is 6.09 Å². The first-order valence-electron chi connectivity index (χ1n) is 10.0. The Kier molecular flexibility index (Phi) is 5.55. The van der Waals surface area contributed by atoms with E-state index in [1.54, 1.807) is 9.58 Å². The standard InChI is InChI=1S/C22H25N5O2/c1-3-4-14-29-22(28)27-13-10-17-19(15-27)23-21(16-8-6-5-7-9-16)24-20(17)18-11-12-26(2)25-18/h5-9,11-12H,3-4,10,13-15H2,1-2H3. The van der Waals surface area contributed by atoms with Gasteiger partial charge in [0.15, 0.2) is 5.82 Å². The Morgan fingerprint density at radius 2 is 2.00 bits per heavy atom. The van der Waals surface area contributed by atoms with Crippen LogP contribution in [-0.2, 0) is 24.8 Å². The van der Waals surface area contributed by atoms with Crippen molar-refractivity contribution in [2.45, 2.75) is 32.7 Å². The fourth-order valence-corrected chi connectivity index (χ4v) is 3.45. The molecule has 0 fully saturated rings. The van der Waals surface area contributed by atoms with E-state index in [2.05, 4.69) is 12.0 Å². The SMILES string of the molecule is CCCCOC(=O)N1CCc2c(nc(-c3ccccc3)nc2-c2ccn(C)n2)C1. The highest BCUT2D eigenvalue weighted by Crippen LogP contribution is 2.30.